The normalized spacial score (nSPS) is 11.8. The van der Waals surface area contributed by atoms with Gasteiger partial charge in [-0.3, -0.25) is 10.2 Å². The third-order valence-corrected chi connectivity index (χ3v) is 5.91. The number of sulfone groups is 1. The molecular formula is C17H17N3O3S. The maximum Gasteiger partial charge on any atom is 0.270 e. The Balaban J connectivity index is 1.83. The Hall–Kier alpha value is -2.67. The number of amides is 1. The molecule has 1 heterocycles. The number of hydrogen-bond acceptors (Lipinski definition) is 4. The van der Waals surface area contributed by atoms with Crippen LogP contribution in [-0.2, 0) is 9.84 Å². The second-order valence-electron chi connectivity index (χ2n) is 5.66. The summed E-state index contributed by atoms with van der Waals surface area (Å²) in [6.45, 7) is 3.25. The Kier molecular flexibility index (Phi) is 4.11. The molecule has 0 saturated heterocycles. The summed E-state index contributed by atoms with van der Waals surface area (Å²) in [6.07, 6.45) is 1.53. The van der Waals surface area contributed by atoms with E-state index in [-0.39, 0.29) is 10.8 Å². The number of carbonyl (C=O) groups is 1. The van der Waals surface area contributed by atoms with Gasteiger partial charge in [0.15, 0.2) is 9.84 Å². The Morgan fingerprint density at radius 1 is 1.08 bits per heavy atom. The minimum absolute atomic E-state index is 0.210. The number of imidazole rings is 1. The van der Waals surface area contributed by atoms with Crippen molar-refractivity contribution in [1.29, 1.82) is 0 Å². The summed E-state index contributed by atoms with van der Waals surface area (Å²) in [5, 5.41) is -0.505. The number of carbonyl (C=O) groups excluding carboxylic acids is 1. The van der Waals surface area contributed by atoms with Gasteiger partial charge in [0.05, 0.1) is 21.2 Å². The fraction of sp³-hybridized carbons (Fsp3) is 0.176. The van der Waals surface area contributed by atoms with Crippen LogP contribution in [-0.4, -0.2) is 29.2 Å². The highest BCUT2D eigenvalue weighted by Crippen LogP contribution is 2.17. The second-order valence-corrected chi connectivity index (χ2v) is 8.17. The summed E-state index contributed by atoms with van der Waals surface area (Å²) in [7, 11) is -3.35. The summed E-state index contributed by atoms with van der Waals surface area (Å²) in [5.74, 6) is -0.341. The van der Waals surface area contributed by atoms with Crippen molar-refractivity contribution in [3.63, 3.8) is 0 Å². The van der Waals surface area contributed by atoms with Crippen LogP contribution < -0.4 is 5.43 Å². The molecule has 1 aromatic heterocycles. The average Bonchev–Trinajstić information content (AvgIpc) is 2.98. The fourth-order valence-corrected chi connectivity index (χ4v) is 3.35. The lowest BCUT2D eigenvalue weighted by Gasteiger charge is -2.09. The maximum absolute atomic E-state index is 12.3. The highest BCUT2D eigenvalue weighted by atomic mass is 32.2. The van der Waals surface area contributed by atoms with Crippen molar-refractivity contribution in [3.8, 4) is 0 Å². The van der Waals surface area contributed by atoms with Crippen molar-refractivity contribution in [3.05, 3.63) is 60.4 Å². The van der Waals surface area contributed by atoms with Gasteiger partial charge in [-0.2, -0.15) is 0 Å². The average molecular weight is 343 g/mol. The van der Waals surface area contributed by atoms with Crippen molar-refractivity contribution in [2.45, 2.75) is 24.0 Å². The predicted molar refractivity (Wildman–Crippen MR) is 92.2 cm³/mol. The molecule has 0 spiro atoms. The largest absolute Gasteiger partial charge is 0.270 e. The first-order chi connectivity index (χ1) is 11.4. The zero-order valence-corrected chi connectivity index (χ0v) is 14.1. The Morgan fingerprint density at radius 2 is 1.75 bits per heavy atom. The van der Waals surface area contributed by atoms with E-state index < -0.39 is 15.1 Å². The minimum Gasteiger partial charge on any atom is -0.267 e. The summed E-state index contributed by atoms with van der Waals surface area (Å²) in [4.78, 5) is 16.8. The van der Waals surface area contributed by atoms with Gasteiger partial charge < -0.3 is 0 Å². The third kappa shape index (κ3) is 2.90. The highest BCUT2D eigenvalue weighted by Gasteiger charge is 2.19. The van der Waals surface area contributed by atoms with E-state index in [1.165, 1.54) is 35.3 Å². The molecule has 0 atom stereocenters. The Labute approximate surface area is 140 Å². The summed E-state index contributed by atoms with van der Waals surface area (Å²) in [5.41, 5.74) is 4.66. The molecule has 124 valence electrons. The van der Waals surface area contributed by atoms with Crippen LogP contribution in [0.1, 0.15) is 24.2 Å². The first-order valence-corrected chi connectivity index (χ1v) is 9.01. The predicted octanol–water partition coefficient (Wildman–Crippen LogP) is 2.60. The van der Waals surface area contributed by atoms with E-state index in [2.05, 4.69) is 10.4 Å². The van der Waals surface area contributed by atoms with Crippen molar-refractivity contribution < 1.29 is 13.2 Å². The van der Waals surface area contributed by atoms with E-state index in [9.17, 15) is 13.2 Å². The maximum atomic E-state index is 12.3. The molecule has 0 saturated carbocycles. The minimum atomic E-state index is -3.35. The van der Waals surface area contributed by atoms with Gasteiger partial charge in [-0.1, -0.05) is 12.1 Å². The number of rotatable bonds is 4. The van der Waals surface area contributed by atoms with Gasteiger partial charge in [0.25, 0.3) is 5.91 Å². The molecule has 0 radical (unpaired) electrons. The molecule has 24 heavy (non-hydrogen) atoms. The molecule has 1 N–H and O–H groups in total. The van der Waals surface area contributed by atoms with Crippen LogP contribution in [0.4, 0.5) is 0 Å². The molecule has 6 nitrogen and oxygen atoms in total. The highest BCUT2D eigenvalue weighted by molar-refractivity contribution is 7.92. The monoisotopic (exact) mass is 343 g/mol. The van der Waals surface area contributed by atoms with E-state index in [0.29, 0.717) is 5.56 Å². The van der Waals surface area contributed by atoms with E-state index in [4.69, 9.17) is 0 Å². The number of hydrogen-bond donors (Lipinski definition) is 1. The SMILES string of the molecule is CC(C)S(=O)(=O)c1ccc(C(=O)Nn2cnc3ccccc32)cc1. The number of aromatic nitrogens is 2. The van der Waals surface area contributed by atoms with Gasteiger partial charge in [-0.05, 0) is 50.2 Å². The van der Waals surface area contributed by atoms with Gasteiger partial charge in [-0.15, -0.1) is 0 Å². The van der Waals surface area contributed by atoms with Crippen LogP contribution in [0, 0.1) is 0 Å². The molecule has 2 aromatic carbocycles. The first kappa shape index (κ1) is 16.2. The smallest absolute Gasteiger partial charge is 0.267 e. The molecule has 0 aliphatic heterocycles. The van der Waals surface area contributed by atoms with Crippen LogP contribution in [0.2, 0.25) is 0 Å². The van der Waals surface area contributed by atoms with Crippen LogP contribution >= 0.6 is 0 Å². The zero-order valence-electron chi connectivity index (χ0n) is 13.3. The van der Waals surface area contributed by atoms with E-state index >= 15 is 0 Å². The van der Waals surface area contributed by atoms with Crippen LogP contribution in [0.15, 0.2) is 59.8 Å². The number of para-hydroxylation sites is 2. The lowest BCUT2D eigenvalue weighted by molar-refractivity contribution is 0.101. The lowest BCUT2D eigenvalue weighted by atomic mass is 10.2. The van der Waals surface area contributed by atoms with E-state index in [1.54, 1.807) is 13.8 Å². The topological polar surface area (TPSA) is 81.1 Å². The standard InChI is InChI=1S/C17H17N3O3S/c1-12(2)24(22,23)14-9-7-13(8-10-14)17(21)19-20-11-18-15-5-3-4-6-16(15)20/h3-12H,1-2H3,(H,19,21). The molecule has 1 amide bonds. The Bertz CT molecular complexity index is 989. The van der Waals surface area contributed by atoms with Crippen molar-refractivity contribution in [1.82, 2.24) is 9.66 Å². The third-order valence-electron chi connectivity index (χ3n) is 3.74. The number of benzene rings is 2. The molecule has 0 unspecified atom stereocenters. The molecular weight excluding hydrogens is 326 g/mol. The number of nitrogens with zero attached hydrogens (tertiary/aromatic N) is 2. The molecule has 3 aromatic rings. The molecule has 0 fully saturated rings. The van der Waals surface area contributed by atoms with Crippen molar-refractivity contribution in [2.75, 3.05) is 5.43 Å². The van der Waals surface area contributed by atoms with E-state index in [0.717, 1.165) is 11.0 Å². The summed E-state index contributed by atoms with van der Waals surface area (Å²) >= 11 is 0. The second kappa shape index (κ2) is 6.09. The van der Waals surface area contributed by atoms with Crippen LogP contribution in [0.5, 0.6) is 0 Å². The zero-order chi connectivity index (χ0) is 17.3. The molecule has 3 rings (SSSR count). The van der Waals surface area contributed by atoms with Gasteiger partial charge in [0, 0.05) is 5.56 Å². The van der Waals surface area contributed by atoms with Crippen LogP contribution in [0.25, 0.3) is 11.0 Å². The van der Waals surface area contributed by atoms with Crippen molar-refractivity contribution >= 4 is 26.8 Å². The van der Waals surface area contributed by atoms with Gasteiger partial charge >= 0.3 is 0 Å². The van der Waals surface area contributed by atoms with Gasteiger partial charge in [0.2, 0.25) is 0 Å². The summed E-state index contributed by atoms with van der Waals surface area (Å²) in [6, 6.07) is 13.3. The number of nitrogens with one attached hydrogen (secondary N) is 1. The van der Waals surface area contributed by atoms with Gasteiger partial charge in [0.1, 0.15) is 6.33 Å². The van der Waals surface area contributed by atoms with Gasteiger partial charge in [-0.25, -0.2) is 18.1 Å². The number of fused-ring (bicyclic) bond motifs is 1. The van der Waals surface area contributed by atoms with Crippen LogP contribution in [0.3, 0.4) is 0 Å². The first-order valence-electron chi connectivity index (χ1n) is 7.47. The molecule has 0 aliphatic carbocycles. The molecule has 0 bridgehead atoms. The Morgan fingerprint density at radius 3 is 2.42 bits per heavy atom. The molecule has 7 heteroatoms. The quantitative estimate of drug-likeness (QED) is 0.789. The molecule has 0 aliphatic rings. The van der Waals surface area contributed by atoms with E-state index in [1.807, 2.05) is 24.3 Å². The lowest BCUT2D eigenvalue weighted by Crippen LogP contribution is -2.22. The fourth-order valence-electron chi connectivity index (χ4n) is 2.29. The van der Waals surface area contributed by atoms with Crippen molar-refractivity contribution in [2.24, 2.45) is 0 Å². The summed E-state index contributed by atoms with van der Waals surface area (Å²) < 4.78 is 25.7.